The first kappa shape index (κ1) is 13.5. The molecule has 1 saturated heterocycles. The number of hydrazine groups is 1. The molecule has 18 heavy (non-hydrogen) atoms. The molecule has 0 aromatic carbocycles. The Morgan fingerprint density at radius 2 is 2.33 bits per heavy atom. The predicted molar refractivity (Wildman–Crippen MR) is 71.0 cm³/mol. The molecular formula is C10H16BrN5O2. The molecule has 1 aliphatic heterocycles. The van der Waals surface area contributed by atoms with Crippen LogP contribution in [-0.2, 0) is 4.74 Å². The van der Waals surface area contributed by atoms with Crippen molar-refractivity contribution in [2.24, 2.45) is 5.84 Å². The van der Waals surface area contributed by atoms with Crippen LogP contribution >= 0.6 is 15.9 Å². The minimum absolute atomic E-state index is 0.197. The van der Waals surface area contributed by atoms with Gasteiger partial charge in [0.25, 0.3) is 0 Å². The summed E-state index contributed by atoms with van der Waals surface area (Å²) in [6.07, 6.45) is 1.80. The van der Waals surface area contributed by atoms with Crippen LogP contribution in [0.25, 0.3) is 0 Å². The summed E-state index contributed by atoms with van der Waals surface area (Å²) < 4.78 is 5.99. The fourth-order valence-corrected chi connectivity index (χ4v) is 2.29. The first-order valence-electron chi connectivity index (χ1n) is 5.62. The highest BCUT2D eigenvalue weighted by atomic mass is 79.9. The first-order chi connectivity index (χ1) is 8.57. The number of rotatable bonds is 4. The molecule has 1 aromatic rings. The Balaban J connectivity index is 2.06. The molecular weight excluding hydrogens is 302 g/mol. The van der Waals surface area contributed by atoms with Gasteiger partial charge < -0.3 is 20.6 Å². The summed E-state index contributed by atoms with van der Waals surface area (Å²) in [5.41, 5.74) is 1.58. The van der Waals surface area contributed by atoms with Crippen molar-refractivity contribution in [3.8, 4) is 0 Å². The zero-order valence-corrected chi connectivity index (χ0v) is 11.6. The summed E-state index contributed by atoms with van der Waals surface area (Å²) in [6.45, 7) is 2.78. The number of nitrogens with one attached hydrogen (secondary N) is 2. The molecule has 2 unspecified atom stereocenters. The maximum absolute atomic E-state index is 10.4. The highest BCUT2D eigenvalue weighted by molar-refractivity contribution is 9.10. The van der Waals surface area contributed by atoms with Gasteiger partial charge in [-0.05, 0) is 22.9 Å². The number of nitrogens with zero attached hydrogens (tertiary/aromatic N) is 2. The monoisotopic (exact) mass is 317 g/mol. The van der Waals surface area contributed by atoms with Crippen LogP contribution in [0, 0.1) is 0 Å². The van der Waals surface area contributed by atoms with E-state index in [4.69, 9.17) is 10.6 Å². The number of anilines is 2. The number of ether oxygens (including phenoxy) is 1. The van der Waals surface area contributed by atoms with Gasteiger partial charge in [-0.3, -0.25) is 0 Å². The van der Waals surface area contributed by atoms with E-state index in [2.05, 4.69) is 36.6 Å². The topological polar surface area (TPSA) is 105 Å². The zero-order valence-electron chi connectivity index (χ0n) is 9.98. The SMILES string of the molecule is CC1OCCC1(O)CNc1ncnc(NN)c1Br. The molecule has 0 aliphatic carbocycles. The third-order valence-electron chi connectivity index (χ3n) is 3.15. The van der Waals surface area contributed by atoms with Crippen molar-refractivity contribution in [1.82, 2.24) is 9.97 Å². The lowest BCUT2D eigenvalue weighted by Crippen LogP contribution is -2.43. The molecule has 7 nitrogen and oxygen atoms in total. The van der Waals surface area contributed by atoms with Gasteiger partial charge in [0.05, 0.1) is 6.10 Å². The second-order valence-corrected chi connectivity index (χ2v) is 5.04. The van der Waals surface area contributed by atoms with Crippen LogP contribution in [-0.4, -0.2) is 39.9 Å². The van der Waals surface area contributed by atoms with Crippen LogP contribution in [0.2, 0.25) is 0 Å². The zero-order chi connectivity index (χ0) is 13.2. The third kappa shape index (κ3) is 2.56. The molecule has 0 saturated carbocycles. The van der Waals surface area contributed by atoms with Crippen LogP contribution in [0.3, 0.4) is 0 Å². The molecule has 1 aromatic heterocycles. The standard InChI is InChI=1S/C10H16BrN5O2/c1-6-10(17,2-3-18-6)4-13-8-7(11)9(16-12)15-5-14-8/h5-6,17H,2-4,12H2,1H3,(H2,13,14,15,16). The van der Waals surface area contributed by atoms with Gasteiger partial charge >= 0.3 is 0 Å². The van der Waals surface area contributed by atoms with E-state index in [1.807, 2.05) is 6.92 Å². The lowest BCUT2D eigenvalue weighted by atomic mass is 9.97. The minimum Gasteiger partial charge on any atom is -0.385 e. The van der Waals surface area contributed by atoms with Crippen molar-refractivity contribution in [3.05, 3.63) is 10.8 Å². The van der Waals surface area contributed by atoms with Crippen LogP contribution in [0.5, 0.6) is 0 Å². The highest BCUT2D eigenvalue weighted by Gasteiger charge is 2.39. The Bertz CT molecular complexity index is 433. The van der Waals surface area contributed by atoms with Gasteiger partial charge in [-0.1, -0.05) is 0 Å². The predicted octanol–water partition coefficient (Wildman–Crippen LogP) is 0.477. The fraction of sp³-hybridized carbons (Fsp3) is 0.600. The molecule has 1 aliphatic rings. The van der Waals surface area contributed by atoms with Gasteiger partial charge in [0.2, 0.25) is 0 Å². The molecule has 100 valence electrons. The van der Waals surface area contributed by atoms with Gasteiger partial charge in [-0.2, -0.15) is 0 Å². The molecule has 1 fully saturated rings. The lowest BCUT2D eigenvalue weighted by Gasteiger charge is -2.26. The second kappa shape index (κ2) is 5.35. The molecule has 2 rings (SSSR count). The number of hydrogen-bond acceptors (Lipinski definition) is 7. The average molecular weight is 318 g/mol. The Hall–Kier alpha value is -0.960. The van der Waals surface area contributed by atoms with Gasteiger partial charge in [-0.25, -0.2) is 15.8 Å². The molecule has 8 heteroatoms. The first-order valence-corrected chi connectivity index (χ1v) is 6.41. The molecule has 2 atom stereocenters. The number of nitrogen functional groups attached to an aromatic ring is 1. The highest BCUT2D eigenvalue weighted by Crippen LogP contribution is 2.29. The van der Waals surface area contributed by atoms with E-state index in [9.17, 15) is 5.11 Å². The van der Waals surface area contributed by atoms with Crippen LogP contribution in [0.1, 0.15) is 13.3 Å². The van der Waals surface area contributed by atoms with E-state index >= 15 is 0 Å². The van der Waals surface area contributed by atoms with Gasteiger partial charge in [0.15, 0.2) is 5.82 Å². The lowest BCUT2D eigenvalue weighted by molar-refractivity contribution is -0.0176. The van der Waals surface area contributed by atoms with Gasteiger partial charge in [0, 0.05) is 19.6 Å². The maximum atomic E-state index is 10.4. The van der Waals surface area contributed by atoms with Crippen molar-refractivity contribution in [3.63, 3.8) is 0 Å². The number of hydrogen-bond donors (Lipinski definition) is 4. The van der Waals surface area contributed by atoms with Crippen molar-refractivity contribution in [2.45, 2.75) is 25.0 Å². The van der Waals surface area contributed by atoms with Crippen LogP contribution < -0.4 is 16.6 Å². The normalized spacial score (nSPS) is 27.2. The minimum atomic E-state index is -0.874. The fourth-order valence-electron chi connectivity index (χ4n) is 1.83. The largest absolute Gasteiger partial charge is 0.385 e. The Kier molecular flexibility index (Phi) is 4.00. The number of aliphatic hydroxyl groups is 1. The van der Waals surface area contributed by atoms with E-state index in [0.29, 0.717) is 35.7 Å². The van der Waals surface area contributed by atoms with Gasteiger partial charge in [-0.15, -0.1) is 0 Å². The summed E-state index contributed by atoms with van der Waals surface area (Å²) in [5, 5.41) is 13.4. The van der Waals surface area contributed by atoms with Crippen molar-refractivity contribution in [1.29, 1.82) is 0 Å². The van der Waals surface area contributed by atoms with Crippen molar-refractivity contribution < 1.29 is 9.84 Å². The molecule has 0 spiro atoms. The van der Waals surface area contributed by atoms with Gasteiger partial charge in [0.1, 0.15) is 22.2 Å². The number of nitrogens with two attached hydrogens (primary N) is 1. The quantitative estimate of drug-likeness (QED) is 0.472. The van der Waals surface area contributed by atoms with E-state index < -0.39 is 5.60 Å². The van der Waals surface area contributed by atoms with E-state index in [1.165, 1.54) is 6.33 Å². The maximum Gasteiger partial charge on any atom is 0.159 e. The van der Waals surface area contributed by atoms with Crippen LogP contribution in [0.15, 0.2) is 10.8 Å². The summed E-state index contributed by atoms with van der Waals surface area (Å²) in [7, 11) is 0. The third-order valence-corrected chi connectivity index (χ3v) is 3.90. The summed E-state index contributed by atoms with van der Waals surface area (Å²) in [5.74, 6) is 6.37. The Morgan fingerprint density at radius 3 is 2.94 bits per heavy atom. The van der Waals surface area contributed by atoms with Crippen molar-refractivity contribution >= 4 is 27.6 Å². The summed E-state index contributed by atoms with van der Waals surface area (Å²) in [4.78, 5) is 8.04. The molecule has 2 heterocycles. The molecule has 5 N–H and O–H groups in total. The summed E-state index contributed by atoms with van der Waals surface area (Å²) in [6, 6.07) is 0. The Labute approximate surface area is 113 Å². The van der Waals surface area contributed by atoms with Crippen LogP contribution in [0.4, 0.5) is 11.6 Å². The molecule has 0 amide bonds. The summed E-state index contributed by atoms with van der Waals surface area (Å²) >= 11 is 3.34. The average Bonchev–Trinajstić information content (AvgIpc) is 2.69. The van der Waals surface area contributed by atoms with E-state index in [-0.39, 0.29) is 6.10 Å². The van der Waals surface area contributed by atoms with Crippen molar-refractivity contribution in [2.75, 3.05) is 23.9 Å². The Morgan fingerprint density at radius 1 is 1.61 bits per heavy atom. The molecule has 0 bridgehead atoms. The molecule has 0 radical (unpaired) electrons. The number of aromatic nitrogens is 2. The van der Waals surface area contributed by atoms with E-state index in [0.717, 1.165) is 0 Å². The number of halogens is 1. The second-order valence-electron chi connectivity index (χ2n) is 4.25. The van der Waals surface area contributed by atoms with E-state index in [1.54, 1.807) is 0 Å². The smallest absolute Gasteiger partial charge is 0.159 e.